The van der Waals surface area contributed by atoms with Gasteiger partial charge in [-0.3, -0.25) is 10.1 Å². The van der Waals surface area contributed by atoms with Crippen LogP contribution in [0.2, 0.25) is 0 Å². The Morgan fingerprint density at radius 3 is 2.26 bits per heavy atom. The van der Waals surface area contributed by atoms with Crippen LogP contribution < -0.4 is 9.47 Å². The van der Waals surface area contributed by atoms with Crippen molar-refractivity contribution in [2.75, 3.05) is 7.11 Å². The molecule has 5 nitrogen and oxygen atoms in total. The van der Waals surface area contributed by atoms with E-state index in [0.29, 0.717) is 17.4 Å². The number of ether oxygens (including phenoxy) is 2. The summed E-state index contributed by atoms with van der Waals surface area (Å²) in [6.45, 7) is -0.0253. The Balaban J connectivity index is 2.20. The van der Waals surface area contributed by atoms with Gasteiger partial charge in [0, 0.05) is 6.07 Å². The second-order valence-corrected chi connectivity index (χ2v) is 4.61. The summed E-state index contributed by atoms with van der Waals surface area (Å²) in [6.07, 6.45) is -4.69. The lowest BCUT2D eigenvalue weighted by atomic mass is 10.2. The Morgan fingerprint density at radius 2 is 1.74 bits per heavy atom. The molecule has 0 aromatic heterocycles. The number of hydrogen-bond donors (Lipinski definition) is 0. The monoisotopic (exact) mass is 327 g/mol. The molecule has 0 unspecified atom stereocenters. The summed E-state index contributed by atoms with van der Waals surface area (Å²) in [5.41, 5.74) is -1.12. The molecule has 0 N–H and O–H groups in total. The molecule has 8 heteroatoms. The molecule has 2 aromatic carbocycles. The molecule has 0 amide bonds. The van der Waals surface area contributed by atoms with Gasteiger partial charge in [0.1, 0.15) is 18.1 Å². The topological polar surface area (TPSA) is 61.6 Å². The Hall–Kier alpha value is -2.77. The molecule has 0 fully saturated rings. The fourth-order valence-corrected chi connectivity index (χ4v) is 1.82. The van der Waals surface area contributed by atoms with Gasteiger partial charge < -0.3 is 9.47 Å². The molecule has 0 heterocycles. The minimum Gasteiger partial charge on any atom is -0.497 e. The summed E-state index contributed by atoms with van der Waals surface area (Å²) in [5.74, 6) is 0.408. The third-order valence-corrected chi connectivity index (χ3v) is 2.99. The highest BCUT2D eigenvalue weighted by Crippen LogP contribution is 2.35. The molecule has 0 aliphatic carbocycles. The lowest BCUT2D eigenvalue weighted by molar-refractivity contribution is -0.385. The van der Waals surface area contributed by atoms with Crippen LogP contribution in [0.25, 0.3) is 0 Å². The smallest absolute Gasteiger partial charge is 0.416 e. The van der Waals surface area contributed by atoms with Crippen LogP contribution in [0.15, 0.2) is 42.5 Å². The highest BCUT2D eigenvalue weighted by Gasteiger charge is 2.33. The molecule has 0 spiro atoms. The van der Waals surface area contributed by atoms with Gasteiger partial charge in [-0.2, -0.15) is 13.2 Å². The van der Waals surface area contributed by atoms with Crippen LogP contribution in [0.3, 0.4) is 0 Å². The van der Waals surface area contributed by atoms with Gasteiger partial charge in [-0.25, -0.2) is 0 Å². The number of alkyl halides is 3. The number of non-ortho nitro benzene ring substituents is 1. The molecule has 0 radical (unpaired) electrons. The van der Waals surface area contributed by atoms with E-state index < -0.39 is 22.4 Å². The van der Waals surface area contributed by atoms with Crippen LogP contribution in [-0.4, -0.2) is 12.0 Å². The van der Waals surface area contributed by atoms with Gasteiger partial charge in [0.25, 0.3) is 5.69 Å². The quantitative estimate of drug-likeness (QED) is 0.610. The molecular formula is C15H12F3NO4. The Bertz CT molecular complexity index is 699. The summed E-state index contributed by atoms with van der Waals surface area (Å²) < 4.78 is 48.5. The van der Waals surface area contributed by atoms with Gasteiger partial charge in [-0.15, -0.1) is 0 Å². The van der Waals surface area contributed by atoms with E-state index in [2.05, 4.69) is 0 Å². The number of nitro groups is 1. The summed E-state index contributed by atoms with van der Waals surface area (Å²) in [7, 11) is 1.51. The van der Waals surface area contributed by atoms with Crippen molar-refractivity contribution in [1.82, 2.24) is 0 Å². The average Bonchev–Trinajstić information content (AvgIpc) is 2.52. The van der Waals surface area contributed by atoms with Crippen molar-refractivity contribution in [1.29, 1.82) is 0 Å². The zero-order chi connectivity index (χ0) is 17.0. The SMILES string of the molecule is COc1ccc(COc2cc([N+](=O)[O-])cc(C(F)(F)F)c2)cc1. The second-order valence-electron chi connectivity index (χ2n) is 4.61. The maximum atomic E-state index is 12.8. The number of rotatable bonds is 5. The first-order valence-corrected chi connectivity index (χ1v) is 6.42. The van der Waals surface area contributed by atoms with Crippen LogP contribution >= 0.6 is 0 Å². The largest absolute Gasteiger partial charge is 0.497 e. The number of halogens is 3. The number of nitro benzene ring substituents is 1. The molecule has 0 aliphatic heterocycles. The van der Waals surface area contributed by atoms with Gasteiger partial charge in [-0.05, 0) is 23.8 Å². The highest BCUT2D eigenvalue weighted by molar-refractivity contribution is 5.44. The van der Waals surface area contributed by atoms with Crippen molar-refractivity contribution >= 4 is 5.69 Å². The van der Waals surface area contributed by atoms with E-state index in [0.717, 1.165) is 12.1 Å². The lowest BCUT2D eigenvalue weighted by Gasteiger charge is -2.11. The van der Waals surface area contributed by atoms with Gasteiger partial charge in [0.15, 0.2) is 0 Å². The van der Waals surface area contributed by atoms with Gasteiger partial charge in [0.05, 0.1) is 23.7 Å². The van der Waals surface area contributed by atoms with E-state index in [4.69, 9.17) is 9.47 Å². The van der Waals surface area contributed by atoms with E-state index in [-0.39, 0.29) is 12.4 Å². The number of benzene rings is 2. The maximum absolute atomic E-state index is 12.8. The highest BCUT2D eigenvalue weighted by atomic mass is 19.4. The van der Waals surface area contributed by atoms with E-state index >= 15 is 0 Å². The third kappa shape index (κ3) is 4.35. The summed E-state index contributed by atoms with van der Waals surface area (Å²) >= 11 is 0. The first-order valence-electron chi connectivity index (χ1n) is 6.42. The molecule has 2 rings (SSSR count). The molecular weight excluding hydrogens is 315 g/mol. The van der Waals surface area contributed by atoms with Crippen molar-refractivity contribution in [3.63, 3.8) is 0 Å². The van der Waals surface area contributed by atoms with Crippen molar-refractivity contribution in [2.45, 2.75) is 12.8 Å². The van der Waals surface area contributed by atoms with Crippen molar-refractivity contribution in [3.05, 3.63) is 63.7 Å². The Kier molecular flexibility index (Phi) is 4.73. The molecule has 0 aliphatic rings. The fourth-order valence-electron chi connectivity index (χ4n) is 1.82. The predicted molar refractivity (Wildman–Crippen MR) is 75.4 cm³/mol. The van der Waals surface area contributed by atoms with E-state index in [1.807, 2.05) is 0 Å². The summed E-state index contributed by atoms with van der Waals surface area (Å²) in [5, 5.41) is 10.7. The van der Waals surface area contributed by atoms with E-state index in [9.17, 15) is 23.3 Å². The lowest BCUT2D eigenvalue weighted by Crippen LogP contribution is -2.06. The molecule has 0 saturated carbocycles. The first kappa shape index (κ1) is 16.6. The fraction of sp³-hybridized carbons (Fsp3) is 0.200. The van der Waals surface area contributed by atoms with Crippen molar-refractivity contribution in [3.8, 4) is 11.5 Å². The minimum atomic E-state index is -4.69. The maximum Gasteiger partial charge on any atom is 0.416 e. The molecule has 122 valence electrons. The van der Waals surface area contributed by atoms with Crippen LogP contribution in [0, 0.1) is 10.1 Å². The van der Waals surface area contributed by atoms with Gasteiger partial charge in [-0.1, -0.05) is 12.1 Å². The van der Waals surface area contributed by atoms with Crippen LogP contribution in [0.1, 0.15) is 11.1 Å². The standard InChI is InChI=1S/C15H12F3NO4/c1-22-13-4-2-10(3-5-13)9-23-14-7-11(15(16,17)18)6-12(8-14)19(20)21/h2-8H,9H2,1H3. The molecule has 23 heavy (non-hydrogen) atoms. The van der Waals surface area contributed by atoms with Crippen molar-refractivity contribution in [2.24, 2.45) is 0 Å². The Labute approximate surface area is 129 Å². The normalized spacial score (nSPS) is 11.1. The average molecular weight is 327 g/mol. The zero-order valence-electron chi connectivity index (χ0n) is 12.0. The molecule has 0 saturated heterocycles. The van der Waals surface area contributed by atoms with Crippen LogP contribution in [0.4, 0.5) is 18.9 Å². The van der Waals surface area contributed by atoms with Gasteiger partial charge >= 0.3 is 6.18 Å². The molecule has 0 bridgehead atoms. The number of hydrogen-bond acceptors (Lipinski definition) is 4. The van der Waals surface area contributed by atoms with E-state index in [1.54, 1.807) is 24.3 Å². The second kappa shape index (κ2) is 6.55. The summed E-state index contributed by atoms with van der Waals surface area (Å²) in [6, 6.07) is 8.87. The Morgan fingerprint density at radius 1 is 1.09 bits per heavy atom. The molecule has 0 atom stereocenters. The zero-order valence-corrected chi connectivity index (χ0v) is 12.0. The van der Waals surface area contributed by atoms with Crippen molar-refractivity contribution < 1.29 is 27.6 Å². The van der Waals surface area contributed by atoms with Crippen LogP contribution in [0.5, 0.6) is 11.5 Å². The third-order valence-electron chi connectivity index (χ3n) is 2.99. The predicted octanol–water partition coefficient (Wildman–Crippen LogP) is 4.20. The summed E-state index contributed by atoms with van der Waals surface area (Å²) in [4.78, 5) is 9.85. The molecule has 2 aromatic rings. The first-order chi connectivity index (χ1) is 10.8. The number of methoxy groups -OCH3 is 1. The van der Waals surface area contributed by atoms with Crippen LogP contribution in [-0.2, 0) is 12.8 Å². The van der Waals surface area contributed by atoms with Gasteiger partial charge in [0.2, 0.25) is 0 Å². The number of nitrogens with zero attached hydrogens (tertiary/aromatic N) is 1. The minimum absolute atomic E-state index is 0.0253. The van der Waals surface area contributed by atoms with E-state index in [1.165, 1.54) is 7.11 Å².